The third-order valence-electron chi connectivity index (χ3n) is 4.22. The van der Waals surface area contributed by atoms with Gasteiger partial charge in [-0.2, -0.15) is 0 Å². The third kappa shape index (κ3) is 3.41. The van der Waals surface area contributed by atoms with E-state index in [1.807, 2.05) is 36.6 Å². The fourth-order valence-corrected chi connectivity index (χ4v) is 3.62. The van der Waals surface area contributed by atoms with E-state index in [4.69, 9.17) is 9.47 Å². The van der Waals surface area contributed by atoms with Crippen LogP contribution in [0.25, 0.3) is 6.08 Å². The molecule has 4 nitrogen and oxygen atoms in total. The minimum absolute atomic E-state index is 0.160. The van der Waals surface area contributed by atoms with Crippen LogP contribution < -0.4 is 9.47 Å². The summed E-state index contributed by atoms with van der Waals surface area (Å²) in [6.45, 7) is 3.72. The van der Waals surface area contributed by atoms with E-state index in [0.717, 1.165) is 10.4 Å². The lowest BCUT2D eigenvalue weighted by Gasteiger charge is -2.08. The lowest BCUT2D eigenvalue weighted by atomic mass is 10.0. The highest BCUT2D eigenvalue weighted by molar-refractivity contribution is 7.10. The molecule has 27 heavy (non-hydrogen) atoms. The molecule has 1 aliphatic heterocycles. The lowest BCUT2D eigenvalue weighted by Crippen LogP contribution is -2.09. The first-order valence-corrected chi connectivity index (χ1v) is 9.30. The molecule has 0 fully saturated rings. The van der Waals surface area contributed by atoms with E-state index in [9.17, 15) is 9.59 Å². The zero-order chi connectivity index (χ0) is 19.0. The molecule has 0 atom stereocenters. The maximum atomic E-state index is 12.6. The molecule has 2 aromatic carbocycles. The summed E-state index contributed by atoms with van der Waals surface area (Å²) in [5.41, 5.74) is 2.67. The van der Waals surface area contributed by atoms with Gasteiger partial charge in [-0.3, -0.25) is 4.79 Å². The molecule has 0 saturated carbocycles. The van der Waals surface area contributed by atoms with Crippen LogP contribution in [0, 0.1) is 13.8 Å². The SMILES string of the molecule is Cc1cccc(C(=O)Oc2cc(C)c3c(c2)O/C(=C\c2cccs2)C3=O)c1. The number of hydrogen-bond donors (Lipinski definition) is 0. The third-order valence-corrected chi connectivity index (χ3v) is 5.04. The normalized spacial score (nSPS) is 14.1. The van der Waals surface area contributed by atoms with Gasteiger partial charge in [-0.15, -0.1) is 11.3 Å². The Morgan fingerprint density at radius 2 is 1.96 bits per heavy atom. The lowest BCUT2D eigenvalue weighted by molar-refractivity contribution is 0.0734. The maximum Gasteiger partial charge on any atom is 0.343 e. The number of carbonyl (C=O) groups excluding carboxylic acids is 2. The van der Waals surface area contributed by atoms with Crippen molar-refractivity contribution in [3.63, 3.8) is 0 Å². The summed E-state index contributed by atoms with van der Waals surface area (Å²) in [7, 11) is 0. The molecule has 5 heteroatoms. The van der Waals surface area contributed by atoms with Crippen LogP contribution in [0.1, 0.15) is 36.7 Å². The zero-order valence-electron chi connectivity index (χ0n) is 14.8. The van der Waals surface area contributed by atoms with Gasteiger partial charge < -0.3 is 9.47 Å². The second-order valence-electron chi connectivity index (χ2n) is 6.33. The first-order valence-electron chi connectivity index (χ1n) is 8.42. The second-order valence-corrected chi connectivity index (χ2v) is 7.31. The predicted molar refractivity (Wildman–Crippen MR) is 105 cm³/mol. The highest BCUT2D eigenvalue weighted by Gasteiger charge is 2.30. The Balaban J connectivity index is 1.62. The Morgan fingerprint density at radius 3 is 2.70 bits per heavy atom. The smallest absolute Gasteiger partial charge is 0.343 e. The number of fused-ring (bicyclic) bond motifs is 1. The van der Waals surface area contributed by atoms with Crippen LogP contribution in [0.15, 0.2) is 59.7 Å². The van der Waals surface area contributed by atoms with Crippen LogP contribution in [0.4, 0.5) is 0 Å². The standard InChI is InChI=1S/C22H16O4S/c1-13-5-3-6-15(9-13)22(24)25-16-10-14(2)20-18(11-16)26-19(21(20)23)12-17-7-4-8-27-17/h3-12H,1-2H3/b19-12-. The summed E-state index contributed by atoms with van der Waals surface area (Å²) >= 11 is 1.53. The van der Waals surface area contributed by atoms with Crippen molar-refractivity contribution in [1.82, 2.24) is 0 Å². The van der Waals surface area contributed by atoms with Crippen molar-refractivity contribution in [2.75, 3.05) is 0 Å². The quantitative estimate of drug-likeness (QED) is 0.358. The Morgan fingerprint density at radius 1 is 1.11 bits per heavy atom. The van der Waals surface area contributed by atoms with E-state index in [2.05, 4.69) is 0 Å². The van der Waals surface area contributed by atoms with E-state index in [1.54, 1.807) is 37.3 Å². The van der Waals surface area contributed by atoms with Gasteiger partial charge in [0.2, 0.25) is 5.78 Å². The highest BCUT2D eigenvalue weighted by Crippen LogP contribution is 2.38. The molecule has 0 spiro atoms. The number of esters is 1. The van der Waals surface area contributed by atoms with Crippen LogP contribution in [0.3, 0.4) is 0 Å². The number of carbonyl (C=O) groups is 2. The van der Waals surface area contributed by atoms with Gasteiger partial charge in [-0.1, -0.05) is 23.8 Å². The Labute approximate surface area is 160 Å². The number of Topliss-reactive ketones (excluding diaryl/α,β-unsaturated/α-hetero) is 1. The number of thiophene rings is 1. The molecule has 1 aliphatic rings. The molecule has 0 N–H and O–H groups in total. The molecule has 0 radical (unpaired) electrons. The summed E-state index contributed by atoms with van der Waals surface area (Å²) in [6.07, 6.45) is 1.73. The maximum absolute atomic E-state index is 12.6. The van der Waals surface area contributed by atoms with Gasteiger partial charge in [-0.05, 0) is 49.1 Å². The van der Waals surface area contributed by atoms with E-state index in [-0.39, 0.29) is 11.5 Å². The monoisotopic (exact) mass is 376 g/mol. The Hall–Kier alpha value is -3.18. The van der Waals surface area contributed by atoms with Crippen molar-refractivity contribution in [2.24, 2.45) is 0 Å². The molecule has 1 aromatic heterocycles. The number of ether oxygens (including phenoxy) is 2. The van der Waals surface area contributed by atoms with Crippen molar-refractivity contribution in [2.45, 2.75) is 13.8 Å². The van der Waals surface area contributed by atoms with Crippen molar-refractivity contribution in [3.05, 3.63) is 86.8 Å². The molecule has 3 aromatic rings. The molecular weight excluding hydrogens is 360 g/mol. The van der Waals surface area contributed by atoms with Gasteiger partial charge in [0.1, 0.15) is 11.5 Å². The summed E-state index contributed by atoms with van der Waals surface area (Å²) < 4.78 is 11.2. The van der Waals surface area contributed by atoms with Crippen LogP contribution in [0.5, 0.6) is 11.5 Å². The number of aryl methyl sites for hydroxylation is 2. The number of rotatable bonds is 3. The summed E-state index contributed by atoms with van der Waals surface area (Å²) in [4.78, 5) is 26.0. The minimum Gasteiger partial charge on any atom is -0.452 e. The van der Waals surface area contributed by atoms with Gasteiger partial charge in [0.15, 0.2) is 5.76 Å². The Bertz CT molecular complexity index is 1080. The van der Waals surface area contributed by atoms with Crippen molar-refractivity contribution in [1.29, 1.82) is 0 Å². The van der Waals surface area contributed by atoms with Crippen molar-refractivity contribution in [3.8, 4) is 11.5 Å². The number of hydrogen-bond acceptors (Lipinski definition) is 5. The minimum atomic E-state index is -0.447. The predicted octanol–water partition coefficient (Wildman–Crippen LogP) is 5.20. The summed E-state index contributed by atoms with van der Waals surface area (Å²) in [6, 6.07) is 14.3. The summed E-state index contributed by atoms with van der Waals surface area (Å²) in [5, 5.41) is 1.94. The number of benzene rings is 2. The summed E-state index contributed by atoms with van der Waals surface area (Å²) in [5.74, 6) is 0.430. The fourth-order valence-electron chi connectivity index (χ4n) is 2.98. The molecule has 134 valence electrons. The van der Waals surface area contributed by atoms with Gasteiger partial charge >= 0.3 is 5.97 Å². The van der Waals surface area contributed by atoms with E-state index < -0.39 is 5.97 Å². The fraction of sp³-hybridized carbons (Fsp3) is 0.0909. The van der Waals surface area contributed by atoms with Crippen molar-refractivity contribution >= 4 is 29.2 Å². The van der Waals surface area contributed by atoms with Crippen LogP contribution in [0.2, 0.25) is 0 Å². The van der Waals surface area contributed by atoms with Crippen molar-refractivity contribution < 1.29 is 19.1 Å². The van der Waals surface area contributed by atoms with Crippen LogP contribution in [-0.4, -0.2) is 11.8 Å². The molecule has 0 amide bonds. The first kappa shape index (κ1) is 17.2. The van der Waals surface area contributed by atoms with Gasteiger partial charge in [-0.25, -0.2) is 4.79 Å². The zero-order valence-corrected chi connectivity index (χ0v) is 15.6. The highest BCUT2D eigenvalue weighted by atomic mass is 32.1. The molecule has 0 saturated heterocycles. The van der Waals surface area contributed by atoms with E-state index in [1.165, 1.54) is 11.3 Å². The first-order chi connectivity index (χ1) is 13.0. The average molecular weight is 376 g/mol. The topological polar surface area (TPSA) is 52.6 Å². The molecular formula is C22H16O4S. The van der Waals surface area contributed by atoms with Crippen LogP contribution in [-0.2, 0) is 0 Å². The van der Waals surface area contributed by atoms with E-state index >= 15 is 0 Å². The van der Waals surface area contributed by atoms with Gasteiger partial charge in [0.25, 0.3) is 0 Å². The second kappa shape index (κ2) is 6.85. The van der Waals surface area contributed by atoms with Gasteiger partial charge in [0.05, 0.1) is 11.1 Å². The molecule has 0 aliphatic carbocycles. The van der Waals surface area contributed by atoms with Crippen LogP contribution >= 0.6 is 11.3 Å². The molecule has 4 rings (SSSR count). The number of ketones is 1. The largest absolute Gasteiger partial charge is 0.452 e. The number of allylic oxidation sites excluding steroid dienone is 1. The average Bonchev–Trinajstić information content (AvgIpc) is 3.24. The molecule has 0 bridgehead atoms. The van der Waals surface area contributed by atoms with Gasteiger partial charge in [0, 0.05) is 17.0 Å². The van der Waals surface area contributed by atoms with E-state index in [0.29, 0.717) is 28.2 Å². The molecule has 2 heterocycles. The Kier molecular flexibility index (Phi) is 4.38. The molecule has 0 unspecified atom stereocenters.